The van der Waals surface area contributed by atoms with E-state index < -0.39 is 5.91 Å². The molecule has 0 aliphatic carbocycles. The van der Waals surface area contributed by atoms with Crippen LogP contribution >= 0.6 is 15.9 Å². The molecule has 0 bridgehead atoms. The number of carbonyl (C=O) groups excluding carboxylic acids is 1. The smallest absolute Gasteiger partial charge is 0.287 e. The molecule has 0 saturated heterocycles. The molecule has 3 heterocycles. The van der Waals surface area contributed by atoms with E-state index in [1.165, 1.54) is 17.0 Å². The van der Waals surface area contributed by atoms with Crippen LogP contribution in [0.1, 0.15) is 27.4 Å². The van der Waals surface area contributed by atoms with Crippen molar-refractivity contribution in [3.8, 4) is 5.75 Å². The van der Waals surface area contributed by atoms with Crippen molar-refractivity contribution in [1.82, 2.24) is 25.3 Å². The maximum atomic E-state index is 13.0. The average molecular weight is 598 g/mol. The standard InChI is InChI=1S/C30H24BrN5O4/c31-21-10-8-19(9-11-21)18-39-26-6-3-7-27-29(26)25(37)14-28(40-27)30(38)33-16-22-17-36(35-34-22)13-12-20-15-32-24-5-2-1-4-23(20)24/h1-11,14-15,17,32H,12-13,16,18H2,(H,33,38). The van der Waals surface area contributed by atoms with Gasteiger partial charge in [0.2, 0.25) is 0 Å². The van der Waals surface area contributed by atoms with E-state index in [0.29, 0.717) is 18.0 Å². The SMILES string of the molecule is O=C(NCc1cn(CCc2c[nH]c3ccccc23)nn1)c1cc(=O)c2c(OCc3ccc(Br)cc3)cccc2o1. The van der Waals surface area contributed by atoms with Crippen LogP contribution in [0.4, 0.5) is 0 Å². The molecular weight excluding hydrogens is 574 g/mol. The molecule has 10 heteroatoms. The molecule has 0 aliphatic heterocycles. The summed E-state index contributed by atoms with van der Waals surface area (Å²) in [6, 6.07) is 22.1. The fourth-order valence-electron chi connectivity index (χ4n) is 4.51. The number of nitrogens with zero attached hydrogens (tertiary/aromatic N) is 3. The molecule has 2 N–H and O–H groups in total. The van der Waals surface area contributed by atoms with Crippen molar-refractivity contribution in [2.45, 2.75) is 26.1 Å². The highest BCUT2D eigenvalue weighted by atomic mass is 79.9. The Morgan fingerprint density at radius 2 is 1.93 bits per heavy atom. The Kier molecular flexibility index (Phi) is 7.15. The molecule has 0 fully saturated rings. The van der Waals surface area contributed by atoms with Crippen molar-refractivity contribution in [3.05, 3.63) is 122 Å². The maximum absolute atomic E-state index is 13.0. The van der Waals surface area contributed by atoms with Gasteiger partial charge in [-0.3, -0.25) is 14.3 Å². The van der Waals surface area contributed by atoms with Gasteiger partial charge in [-0.15, -0.1) is 5.10 Å². The first kappa shape index (κ1) is 25.6. The Morgan fingerprint density at radius 1 is 1.07 bits per heavy atom. The summed E-state index contributed by atoms with van der Waals surface area (Å²) in [5.74, 6) is -0.215. The topological polar surface area (TPSA) is 115 Å². The van der Waals surface area contributed by atoms with E-state index in [0.717, 1.165) is 22.0 Å². The van der Waals surface area contributed by atoms with Crippen molar-refractivity contribution in [1.29, 1.82) is 0 Å². The predicted octanol–water partition coefficient (Wildman–Crippen LogP) is 5.38. The minimum Gasteiger partial charge on any atom is -0.488 e. The first-order valence-electron chi connectivity index (χ1n) is 12.7. The Labute approximate surface area is 236 Å². The van der Waals surface area contributed by atoms with Crippen LogP contribution < -0.4 is 15.5 Å². The van der Waals surface area contributed by atoms with Gasteiger partial charge in [0.15, 0.2) is 11.2 Å². The van der Waals surface area contributed by atoms with Gasteiger partial charge >= 0.3 is 0 Å². The number of aromatic amines is 1. The number of halogens is 1. The summed E-state index contributed by atoms with van der Waals surface area (Å²) in [5.41, 5.74) is 3.77. The lowest BCUT2D eigenvalue weighted by atomic mass is 10.1. The Morgan fingerprint density at radius 3 is 2.80 bits per heavy atom. The number of rotatable bonds is 9. The zero-order chi connectivity index (χ0) is 27.5. The number of fused-ring (bicyclic) bond motifs is 2. The molecule has 0 aliphatic rings. The van der Waals surface area contributed by atoms with Crippen LogP contribution in [-0.4, -0.2) is 25.9 Å². The van der Waals surface area contributed by atoms with Gasteiger partial charge in [0, 0.05) is 34.2 Å². The molecule has 1 amide bonds. The molecule has 0 unspecified atom stereocenters. The molecule has 9 nitrogen and oxygen atoms in total. The largest absolute Gasteiger partial charge is 0.488 e. The predicted molar refractivity (Wildman–Crippen MR) is 154 cm³/mol. The van der Waals surface area contributed by atoms with E-state index in [-0.39, 0.29) is 35.3 Å². The monoisotopic (exact) mass is 597 g/mol. The van der Waals surface area contributed by atoms with Gasteiger partial charge < -0.3 is 19.5 Å². The van der Waals surface area contributed by atoms with Crippen molar-refractivity contribution in [2.24, 2.45) is 0 Å². The fourth-order valence-corrected chi connectivity index (χ4v) is 4.78. The van der Waals surface area contributed by atoms with E-state index in [1.807, 2.05) is 48.7 Å². The van der Waals surface area contributed by atoms with Gasteiger partial charge in [0.25, 0.3) is 5.91 Å². The van der Waals surface area contributed by atoms with Crippen molar-refractivity contribution in [2.75, 3.05) is 0 Å². The number of carbonyl (C=O) groups is 1. The number of para-hydroxylation sites is 1. The number of hydrogen-bond donors (Lipinski definition) is 2. The number of nitrogens with one attached hydrogen (secondary N) is 2. The second-order valence-corrected chi connectivity index (χ2v) is 10.2. The van der Waals surface area contributed by atoms with Crippen molar-refractivity contribution < 1.29 is 13.9 Å². The number of aromatic nitrogens is 4. The quantitative estimate of drug-likeness (QED) is 0.231. The van der Waals surface area contributed by atoms with Crippen LogP contribution in [0.3, 0.4) is 0 Å². The summed E-state index contributed by atoms with van der Waals surface area (Å²) in [4.78, 5) is 29.0. The molecule has 0 spiro atoms. The molecule has 0 atom stereocenters. The van der Waals surface area contributed by atoms with Crippen LogP contribution in [0.5, 0.6) is 5.75 Å². The molecule has 6 aromatic rings. The number of hydrogen-bond acceptors (Lipinski definition) is 6. The van der Waals surface area contributed by atoms with Gasteiger partial charge in [-0.2, -0.15) is 0 Å². The van der Waals surface area contributed by atoms with E-state index in [4.69, 9.17) is 9.15 Å². The normalized spacial score (nSPS) is 11.2. The van der Waals surface area contributed by atoms with Crippen LogP contribution in [-0.2, 0) is 26.1 Å². The Hall–Kier alpha value is -4.70. The zero-order valence-electron chi connectivity index (χ0n) is 21.3. The first-order valence-corrected chi connectivity index (χ1v) is 13.5. The summed E-state index contributed by atoms with van der Waals surface area (Å²) in [6.45, 7) is 1.08. The van der Waals surface area contributed by atoms with Crippen LogP contribution in [0.2, 0.25) is 0 Å². The fraction of sp³-hybridized carbons (Fsp3) is 0.133. The lowest BCUT2D eigenvalue weighted by Gasteiger charge is -2.10. The van der Waals surface area contributed by atoms with E-state index in [9.17, 15) is 9.59 Å². The highest BCUT2D eigenvalue weighted by molar-refractivity contribution is 9.10. The summed E-state index contributed by atoms with van der Waals surface area (Å²) in [5, 5.41) is 12.6. The van der Waals surface area contributed by atoms with Crippen LogP contribution in [0.15, 0.2) is 98.9 Å². The van der Waals surface area contributed by atoms with Gasteiger partial charge in [-0.25, -0.2) is 0 Å². The third-order valence-corrected chi connectivity index (χ3v) is 7.08. The lowest BCUT2D eigenvalue weighted by Crippen LogP contribution is -2.24. The summed E-state index contributed by atoms with van der Waals surface area (Å²) >= 11 is 3.41. The summed E-state index contributed by atoms with van der Waals surface area (Å²) in [6.07, 6.45) is 4.59. The highest BCUT2D eigenvalue weighted by Gasteiger charge is 2.16. The molecule has 0 radical (unpaired) electrons. The number of amides is 1. The van der Waals surface area contributed by atoms with Crippen molar-refractivity contribution in [3.63, 3.8) is 0 Å². The van der Waals surface area contributed by atoms with Gasteiger partial charge in [0.1, 0.15) is 29.0 Å². The highest BCUT2D eigenvalue weighted by Crippen LogP contribution is 2.25. The minimum atomic E-state index is -0.520. The third kappa shape index (κ3) is 5.52. The molecule has 3 aromatic carbocycles. The van der Waals surface area contributed by atoms with E-state index in [2.05, 4.69) is 42.6 Å². The van der Waals surface area contributed by atoms with Crippen molar-refractivity contribution >= 4 is 43.7 Å². The number of benzene rings is 3. The van der Waals surface area contributed by atoms with E-state index >= 15 is 0 Å². The number of H-pyrrole nitrogens is 1. The molecule has 6 rings (SSSR count). The zero-order valence-corrected chi connectivity index (χ0v) is 22.8. The maximum Gasteiger partial charge on any atom is 0.287 e. The second kappa shape index (κ2) is 11.2. The minimum absolute atomic E-state index is 0.0886. The third-order valence-electron chi connectivity index (χ3n) is 6.55. The number of ether oxygens (including phenoxy) is 1. The summed E-state index contributed by atoms with van der Waals surface area (Å²) < 4.78 is 14.4. The molecule has 3 aromatic heterocycles. The van der Waals surface area contributed by atoms with Crippen LogP contribution in [0, 0.1) is 0 Å². The van der Waals surface area contributed by atoms with Gasteiger partial charge in [-0.1, -0.05) is 57.5 Å². The summed E-state index contributed by atoms with van der Waals surface area (Å²) in [7, 11) is 0. The Bertz CT molecular complexity index is 1870. The van der Waals surface area contributed by atoms with Gasteiger partial charge in [-0.05, 0) is 47.9 Å². The Balaban J connectivity index is 1.09. The van der Waals surface area contributed by atoms with Gasteiger partial charge in [0.05, 0.1) is 12.7 Å². The average Bonchev–Trinajstić information content (AvgIpc) is 3.61. The molecule has 0 saturated carbocycles. The first-order chi connectivity index (χ1) is 19.5. The second-order valence-electron chi connectivity index (χ2n) is 9.28. The van der Waals surface area contributed by atoms with E-state index in [1.54, 1.807) is 29.1 Å². The lowest BCUT2D eigenvalue weighted by molar-refractivity contribution is 0.0923. The number of aryl methyl sites for hydroxylation is 2. The molecule has 40 heavy (non-hydrogen) atoms. The molecule has 200 valence electrons. The molecular formula is C30H24BrN5O4. The van der Waals surface area contributed by atoms with Crippen LogP contribution in [0.25, 0.3) is 21.9 Å².